The van der Waals surface area contributed by atoms with Gasteiger partial charge in [-0.25, -0.2) is 0 Å². The number of amides is 2. The molecule has 0 spiro atoms. The van der Waals surface area contributed by atoms with Gasteiger partial charge in [0.1, 0.15) is 4.32 Å². The van der Waals surface area contributed by atoms with E-state index in [0.717, 1.165) is 18.5 Å². The predicted octanol–water partition coefficient (Wildman–Crippen LogP) is 3.54. The largest absolute Gasteiger partial charge is 0.293 e. The topological polar surface area (TPSA) is 40.6 Å². The van der Waals surface area contributed by atoms with Gasteiger partial charge in [-0.05, 0) is 18.6 Å². The Kier molecular flexibility index (Phi) is 5.74. The number of anilines is 1. The second-order valence-corrected chi connectivity index (χ2v) is 6.57. The van der Waals surface area contributed by atoms with Crippen LogP contribution in [0.2, 0.25) is 0 Å². The maximum Gasteiger partial charge on any atom is 0.267 e. The molecule has 0 atom stereocenters. The number of carbonyl (C=O) groups is 2. The van der Waals surface area contributed by atoms with E-state index in [-0.39, 0.29) is 11.8 Å². The predicted molar refractivity (Wildman–Crippen MR) is 94.5 cm³/mol. The van der Waals surface area contributed by atoms with Crippen LogP contribution >= 0.6 is 24.0 Å². The van der Waals surface area contributed by atoms with E-state index in [0.29, 0.717) is 15.8 Å². The highest BCUT2D eigenvalue weighted by Crippen LogP contribution is 2.32. The lowest BCUT2D eigenvalue weighted by molar-refractivity contribution is -0.122. The van der Waals surface area contributed by atoms with Gasteiger partial charge in [-0.2, -0.15) is 0 Å². The summed E-state index contributed by atoms with van der Waals surface area (Å²) in [5.41, 5.74) is 0.730. The van der Waals surface area contributed by atoms with Gasteiger partial charge in [-0.3, -0.25) is 19.4 Å². The van der Waals surface area contributed by atoms with Crippen LogP contribution in [0.3, 0.4) is 0 Å². The van der Waals surface area contributed by atoms with Crippen molar-refractivity contribution in [3.8, 4) is 0 Å². The zero-order valence-corrected chi connectivity index (χ0v) is 14.2. The van der Waals surface area contributed by atoms with Crippen LogP contribution in [0.15, 0.2) is 41.4 Å². The third kappa shape index (κ3) is 3.75. The van der Waals surface area contributed by atoms with E-state index >= 15 is 0 Å². The third-order valence-electron chi connectivity index (χ3n) is 3.23. The molecule has 1 aliphatic rings. The quantitative estimate of drug-likeness (QED) is 0.610. The van der Waals surface area contributed by atoms with Gasteiger partial charge in [-0.1, -0.05) is 55.5 Å². The molecule has 1 heterocycles. The Morgan fingerprint density at radius 3 is 2.64 bits per heavy atom. The van der Waals surface area contributed by atoms with Gasteiger partial charge in [0.2, 0.25) is 5.91 Å². The van der Waals surface area contributed by atoms with Gasteiger partial charge in [0.15, 0.2) is 0 Å². The van der Waals surface area contributed by atoms with Crippen LogP contribution in [0.25, 0.3) is 0 Å². The van der Waals surface area contributed by atoms with Crippen molar-refractivity contribution in [1.82, 2.24) is 4.90 Å². The second-order valence-electron chi connectivity index (χ2n) is 4.90. The summed E-state index contributed by atoms with van der Waals surface area (Å²) >= 11 is 6.51. The number of thiocarbonyl (C=S) groups is 1. The summed E-state index contributed by atoms with van der Waals surface area (Å²) in [7, 11) is 0. The molecule has 1 aromatic rings. The first-order valence-electron chi connectivity index (χ1n) is 7.15. The molecule has 0 radical (unpaired) electrons. The number of unbranched alkanes of at least 4 members (excludes halogenated alkanes) is 1. The number of hydrogen-bond acceptors (Lipinski definition) is 4. The first kappa shape index (κ1) is 16.7. The SMILES string of the molecule is CCCCN1C(=O)C(=CN(C(C)=O)c2ccccc2)SC1=S. The van der Waals surface area contributed by atoms with E-state index in [4.69, 9.17) is 12.2 Å². The van der Waals surface area contributed by atoms with Gasteiger partial charge in [-0.15, -0.1) is 0 Å². The molecule has 0 N–H and O–H groups in total. The van der Waals surface area contributed by atoms with Gasteiger partial charge < -0.3 is 0 Å². The smallest absolute Gasteiger partial charge is 0.267 e. The highest BCUT2D eigenvalue weighted by atomic mass is 32.2. The normalized spacial score (nSPS) is 16.5. The summed E-state index contributed by atoms with van der Waals surface area (Å²) < 4.78 is 0.557. The van der Waals surface area contributed by atoms with Crippen LogP contribution < -0.4 is 4.90 Å². The van der Waals surface area contributed by atoms with E-state index in [1.807, 2.05) is 30.3 Å². The first-order valence-corrected chi connectivity index (χ1v) is 8.37. The molecule has 1 saturated heterocycles. The number of thioether (sulfide) groups is 1. The highest BCUT2D eigenvalue weighted by molar-refractivity contribution is 8.26. The number of hydrogen-bond donors (Lipinski definition) is 0. The molecule has 0 aliphatic carbocycles. The van der Waals surface area contributed by atoms with Crippen molar-refractivity contribution in [3.05, 3.63) is 41.4 Å². The van der Waals surface area contributed by atoms with Crippen LogP contribution in [0, 0.1) is 0 Å². The Hall–Kier alpha value is -1.66. The van der Waals surface area contributed by atoms with Crippen LogP contribution in [0.4, 0.5) is 5.69 Å². The third-order valence-corrected chi connectivity index (χ3v) is 4.59. The lowest BCUT2D eigenvalue weighted by Crippen LogP contribution is -2.29. The van der Waals surface area contributed by atoms with E-state index in [1.54, 1.807) is 11.1 Å². The van der Waals surface area contributed by atoms with Gasteiger partial charge in [0.05, 0.1) is 4.91 Å². The summed E-state index contributed by atoms with van der Waals surface area (Å²) in [4.78, 5) is 27.9. The molecule has 6 heteroatoms. The average molecular weight is 334 g/mol. The summed E-state index contributed by atoms with van der Waals surface area (Å²) in [6, 6.07) is 9.24. The molecule has 1 aliphatic heterocycles. The van der Waals surface area contributed by atoms with E-state index < -0.39 is 0 Å². The summed E-state index contributed by atoms with van der Waals surface area (Å²) in [5, 5.41) is 0. The zero-order chi connectivity index (χ0) is 16.1. The fraction of sp³-hybridized carbons (Fsp3) is 0.312. The Morgan fingerprint density at radius 2 is 2.05 bits per heavy atom. The van der Waals surface area contributed by atoms with Crippen LogP contribution in [-0.4, -0.2) is 27.6 Å². The Balaban J connectivity index is 2.25. The molecule has 1 aromatic carbocycles. The maximum atomic E-state index is 12.4. The molecule has 4 nitrogen and oxygen atoms in total. The molecular formula is C16H18N2O2S2. The molecule has 1 fully saturated rings. The number of carbonyl (C=O) groups excluding carboxylic acids is 2. The Labute approximate surface area is 140 Å². The molecule has 2 amide bonds. The standard InChI is InChI=1S/C16H18N2O2S2/c1-3-4-10-17-15(20)14(22-16(17)21)11-18(12(2)19)13-8-6-5-7-9-13/h5-9,11H,3-4,10H2,1-2H3. The molecule has 0 aromatic heterocycles. The Bertz CT molecular complexity index is 614. The highest BCUT2D eigenvalue weighted by Gasteiger charge is 2.32. The van der Waals surface area contributed by atoms with E-state index in [2.05, 4.69) is 6.92 Å². The van der Waals surface area contributed by atoms with Crippen molar-refractivity contribution in [2.24, 2.45) is 0 Å². The maximum absolute atomic E-state index is 12.4. The molecule has 116 valence electrons. The Morgan fingerprint density at radius 1 is 1.36 bits per heavy atom. The van der Waals surface area contributed by atoms with Crippen molar-refractivity contribution >= 4 is 45.8 Å². The minimum Gasteiger partial charge on any atom is -0.293 e. The average Bonchev–Trinajstić information content (AvgIpc) is 2.77. The minimum atomic E-state index is -0.148. The second kappa shape index (κ2) is 7.56. The van der Waals surface area contributed by atoms with Crippen molar-refractivity contribution in [2.45, 2.75) is 26.7 Å². The summed E-state index contributed by atoms with van der Waals surface area (Å²) in [6.45, 7) is 4.17. The molecule has 0 unspecified atom stereocenters. The molecular weight excluding hydrogens is 316 g/mol. The first-order chi connectivity index (χ1) is 10.5. The van der Waals surface area contributed by atoms with Crippen LogP contribution in [0.5, 0.6) is 0 Å². The molecule has 0 saturated carbocycles. The molecule has 2 rings (SSSR count). The van der Waals surface area contributed by atoms with Gasteiger partial charge >= 0.3 is 0 Å². The zero-order valence-electron chi connectivity index (χ0n) is 12.6. The van der Waals surface area contributed by atoms with Crippen LogP contribution in [0.1, 0.15) is 26.7 Å². The molecule has 0 bridgehead atoms. The van der Waals surface area contributed by atoms with E-state index in [1.165, 1.54) is 23.6 Å². The number of rotatable bonds is 5. The monoisotopic (exact) mass is 334 g/mol. The van der Waals surface area contributed by atoms with Crippen LogP contribution in [-0.2, 0) is 9.59 Å². The number of benzene rings is 1. The van der Waals surface area contributed by atoms with E-state index in [9.17, 15) is 9.59 Å². The molecule has 22 heavy (non-hydrogen) atoms. The van der Waals surface area contributed by atoms with Gasteiger partial charge in [0.25, 0.3) is 5.91 Å². The van der Waals surface area contributed by atoms with Crippen molar-refractivity contribution in [2.75, 3.05) is 11.4 Å². The minimum absolute atomic E-state index is 0.120. The number of para-hydroxylation sites is 1. The lowest BCUT2D eigenvalue weighted by Gasteiger charge is -2.17. The van der Waals surface area contributed by atoms with Crippen molar-refractivity contribution < 1.29 is 9.59 Å². The summed E-state index contributed by atoms with van der Waals surface area (Å²) in [6.07, 6.45) is 3.50. The van der Waals surface area contributed by atoms with Gasteiger partial charge in [0, 0.05) is 25.4 Å². The summed E-state index contributed by atoms with van der Waals surface area (Å²) in [5.74, 6) is -0.268. The lowest BCUT2D eigenvalue weighted by atomic mass is 10.3. The van der Waals surface area contributed by atoms with Crippen molar-refractivity contribution in [1.29, 1.82) is 0 Å². The van der Waals surface area contributed by atoms with Crippen molar-refractivity contribution in [3.63, 3.8) is 0 Å². The fourth-order valence-corrected chi connectivity index (χ4v) is 3.32. The number of nitrogens with zero attached hydrogens (tertiary/aromatic N) is 2. The fourth-order valence-electron chi connectivity index (χ4n) is 2.05.